The van der Waals surface area contributed by atoms with E-state index in [4.69, 9.17) is 0 Å². The highest BCUT2D eigenvalue weighted by molar-refractivity contribution is 6.23. The third-order valence-electron chi connectivity index (χ3n) is 5.27. The van der Waals surface area contributed by atoms with Gasteiger partial charge in [-0.05, 0) is 61.4 Å². The van der Waals surface area contributed by atoms with Crippen LogP contribution in [0.15, 0.2) is 48.5 Å². The van der Waals surface area contributed by atoms with Crippen LogP contribution in [0.1, 0.15) is 40.0 Å². The highest BCUT2D eigenvalue weighted by atomic mass is 19.1. The van der Waals surface area contributed by atoms with Crippen LogP contribution in [0.5, 0.6) is 0 Å². The first-order valence-corrected chi connectivity index (χ1v) is 9.54. The minimum Gasteiger partial charge on any atom is -0.465 e. The molecular formula is C22H19FN2O5. The molecular weight excluding hydrogens is 391 g/mol. The largest absolute Gasteiger partial charge is 0.465 e. The van der Waals surface area contributed by atoms with Crippen LogP contribution in [0.4, 0.5) is 10.1 Å². The number of halogens is 1. The van der Waals surface area contributed by atoms with Gasteiger partial charge in [-0.3, -0.25) is 14.4 Å². The number of nitrogens with zero attached hydrogens (tertiary/aromatic N) is 2. The maximum Gasteiger partial charge on any atom is 0.337 e. The number of carbonyl (C=O) groups excluding carboxylic acids is 4. The molecule has 3 amide bonds. The number of carbonyl (C=O) groups is 4. The summed E-state index contributed by atoms with van der Waals surface area (Å²) in [6.07, 6.45) is 1.37. The lowest BCUT2D eigenvalue weighted by Crippen LogP contribution is -2.46. The van der Waals surface area contributed by atoms with E-state index in [1.165, 1.54) is 60.5 Å². The van der Waals surface area contributed by atoms with E-state index in [-0.39, 0.29) is 18.0 Å². The van der Waals surface area contributed by atoms with Gasteiger partial charge in [-0.1, -0.05) is 0 Å². The number of methoxy groups -OCH3 is 1. The van der Waals surface area contributed by atoms with Gasteiger partial charge >= 0.3 is 5.97 Å². The van der Waals surface area contributed by atoms with Gasteiger partial charge in [0.05, 0.1) is 24.8 Å². The SMILES string of the molecule is COC(=O)c1ccc(N2C(=O)CC(N(C(=O)c3ccc(F)cc3)C3CC3)C2=O)cc1. The van der Waals surface area contributed by atoms with Crippen molar-refractivity contribution in [3.05, 3.63) is 65.5 Å². The standard InChI is InChI=1S/C22H19FN2O5/c1-30-22(29)14-4-8-17(9-5-14)25-19(26)12-18(21(25)28)24(16-10-11-16)20(27)13-2-6-15(23)7-3-13/h2-9,16,18H,10-12H2,1H3. The van der Waals surface area contributed by atoms with Gasteiger partial charge in [0.1, 0.15) is 11.9 Å². The molecule has 0 N–H and O–H groups in total. The Morgan fingerprint density at radius 3 is 2.17 bits per heavy atom. The van der Waals surface area contributed by atoms with Crippen LogP contribution in [-0.2, 0) is 14.3 Å². The van der Waals surface area contributed by atoms with Gasteiger partial charge in [-0.25, -0.2) is 14.1 Å². The summed E-state index contributed by atoms with van der Waals surface area (Å²) < 4.78 is 17.9. The topological polar surface area (TPSA) is 84.0 Å². The fourth-order valence-electron chi connectivity index (χ4n) is 3.63. The third kappa shape index (κ3) is 3.56. The van der Waals surface area contributed by atoms with E-state index in [2.05, 4.69) is 4.74 Å². The van der Waals surface area contributed by atoms with E-state index < -0.39 is 35.5 Å². The van der Waals surface area contributed by atoms with Crippen molar-refractivity contribution in [1.29, 1.82) is 0 Å². The van der Waals surface area contributed by atoms with Crippen molar-refractivity contribution in [2.75, 3.05) is 12.0 Å². The first-order valence-electron chi connectivity index (χ1n) is 9.54. The normalized spacial score (nSPS) is 18.5. The summed E-state index contributed by atoms with van der Waals surface area (Å²) in [5.41, 5.74) is 0.887. The van der Waals surface area contributed by atoms with Crippen LogP contribution in [-0.4, -0.2) is 47.8 Å². The van der Waals surface area contributed by atoms with Crippen molar-refractivity contribution in [3.63, 3.8) is 0 Å². The molecule has 0 bridgehead atoms. The monoisotopic (exact) mass is 410 g/mol. The summed E-state index contributed by atoms with van der Waals surface area (Å²) >= 11 is 0. The molecule has 2 aromatic carbocycles. The van der Waals surface area contributed by atoms with Crippen molar-refractivity contribution < 1.29 is 28.3 Å². The number of ether oxygens (including phenoxy) is 1. The van der Waals surface area contributed by atoms with Gasteiger partial charge in [0, 0.05) is 11.6 Å². The van der Waals surface area contributed by atoms with Crippen molar-refractivity contribution in [3.8, 4) is 0 Å². The number of benzene rings is 2. The zero-order valence-corrected chi connectivity index (χ0v) is 16.2. The summed E-state index contributed by atoms with van der Waals surface area (Å²) in [6.45, 7) is 0. The van der Waals surface area contributed by atoms with Crippen LogP contribution >= 0.6 is 0 Å². The number of rotatable bonds is 5. The molecule has 0 radical (unpaired) electrons. The van der Waals surface area contributed by atoms with Crippen LogP contribution in [0.2, 0.25) is 0 Å². The highest BCUT2D eigenvalue weighted by Crippen LogP contribution is 2.35. The first kappa shape index (κ1) is 19.8. The van der Waals surface area contributed by atoms with E-state index in [1.807, 2.05) is 0 Å². The Morgan fingerprint density at radius 2 is 1.60 bits per heavy atom. The van der Waals surface area contributed by atoms with Gasteiger partial charge in [-0.2, -0.15) is 0 Å². The molecule has 30 heavy (non-hydrogen) atoms. The lowest BCUT2D eigenvalue weighted by molar-refractivity contribution is -0.122. The molecule has 7 nitrogen and oxygen atoms in total. The molecule has 1 unspecified atom stereocenters. The van der Waals surface area contributed by atoms with Crippen LogP contribution in [0.25, 0.3) is 0 Å². The van der Waals surface area contributed by atoms with E-state index >= 15 is 0 Å². The predicted octanol–water partition coefficient (Wildman–Crippen LogP) is 2.55. The fourth-order valence-corrected chi connectivity index (χ4v) is 3.63. The molecule has 1 aliphatic heterocycles. The van der Waals surface area contributed by atoms with Crippen LogP contribution < -0.4 is 4.90 Å². The molecule has 4 rings (SSSR count). The van der Waals surface area contributed by atoms with Gasteiger partial charge in [0.2, 0.25) is 5.91 Å². The molecule has 1 saturated carbocycles. The molecule has 8 heteroatoms. The maximum atomic E-state index is 13.2. The smallest absolute Gasteiger partial charge is 0.337 e. The summed E-state index contributed by atoms with van der Waals surface area (Å²) in [5.74, 6) is -2.30. The van der Waals surface area contributed by atoms with Gasteiger partial charge < -0.3 is 9.64 Å². The minimum atomic E-state index is -0.914. The molecule has 2 fully saturated rings. The number of amides is 3. The lowest BCUT2D eigenvalue weighted by Gasteiger charge is -2.27. The van der Waals surface area contributed by atoms with Gasteiger partial charge in [-0.15, -0.1) is 0 Å². The second kappa shape index (κ2) is 7.70. The maximum absolute atomic E-state index is 13.2. The number of esters is 1. The Balaban J connectivity index is 1.59. The molecule has 0 spiro atoms. The second-order valence-corrected chi connectivity index (χ2v) is 7.28. The Kier molecular flexibility index (Phi) is 5.07. The van der Waals surface area contributed by atoms with Crippen molar-refractivity contribution >= 4 is 29.4 Å². The lowest BCUT2D eigenvalue weighted by atomic mass is 10.1. The Bertz CT molecular complexity index is 1010. The summed E-state index contributed by atoms with van der Waals surface area (Å²) in [7, 11) is 1.26. The minimum absolute atomic E-state index is 0.119. The average molecular weight is 410 g/mol. The molecule has 0 aromatic heterocycles. The summed E-state index contributed by atoms with van der Waals surface area (Å²) in [4.78, 5) is 52.9. The molecule has 2 aromatic rings. The number of anilines is 1. The summed E-state index contributed by atoms with van der Waals surface area (Å²) in [6, 6.07) is 10.0. The van der Waals surface area contributed by atoms with Crippen molar-refractivity contribution in [2.24, 2.45) is 0 Å². The van der Waals surface area contributed by atoms with Crippen molar-refractivity contribution in [1.82, 2.24) is 4.90 Å². The molecule has 1 saturated heterocycles. The number of imide groups is 1. The Morgan fingerprint density at radius 1 is 1.00 bits per heavy atom. The van der Waals surface area contributed by atoms with E-state index in [0.29, 0.717) is 11.3 Å². The molecule has 2 aliphatic rings. The van der Waals surface area contributed by atoms with E-state index in [0.717, 1.165) is 17.7 Å². The highest BCUT2D eigenvalue weighted by Gasteiger charge is 2.48. The number of hydrogen-bond donors (Lipinski definition) is 0. The average Bonchev–Trinajstić information content (AvgIpc) is 3.54. The quantitative estimate of drug-likeness (QED) is 0.559. The molecule has 1 heterocycles. The van der Waals surface area contributed by atoms with Gasteiger partial charge in [0.25, 0.3) is 11.8 Å². The zero-order chi connectivity index (χ0) is 21.4. The predicted molar refractivity (Wildman–Crippen MR) is 104 cm³/mol. The molecule has 1 atom stereocenters. The first-order chi connectivity index (χ1) is 14.4. The second-order valence-electron chi connectivity index (χ2n) is 7.28. The Hall–Kier alpha value is -3.55. The van der Waals surface area contributed by atoms with Crippen LogP contribution in [0, 0.1) is 5.82 Å². The van der Waals surface area contributed by atoms with Crippen LogP contribution in [0.3, 0.4) is 0 Å². The fraction of sp³-hybridized carbons (Fsp3) is 0.273. The number of hydrogen-bond acceptors (Lipinski definition) is 5. The van der Waals surface area contributed by atoms with E-state index in [9.17, 15) is 23.6 Å². The zero-order valence-electron chi connectivity index (χ0n) is 16.2. The summed E-state index contributed by atoms with van der Waals surface area (Å²) in [5, 5.41) is 0. The molecule has 1 aliphatic carbocycles. The third-order valence-corrected chi connectivity index (χ3v) is 5.27. The molecule has 154 valence electrons. The van der Waals surface area contributed by atoms with Gasteiger partial charge in [0.15, 0.2) is 0 Å². The van der Waals surface area contributed by atoms with Crippen molar-refractivity contribution in [2.45, 2.75) is 31.3 Å². The Labute approximate surface area is 172 Å². The van der Waals surface area contributed by atoms with E-state index in [1.54, 1.807) is 0 Å².